The lowest BCUT2D eigenvalue weighted by molar-refractivity contribution is 0.662. The fraction of sp³-hybridized carbons (Fsp3) is 0.0545. The largest absolute Gasteiger partial charge is 0.228 e. The zero-order valence-corrected chi connectivity index (χ0v) is 33.1. The molecule has 0 spiro atoms. The number of rotatable bonds is 6. The second kappa shape index (κ2) is 13.6. The Morgan fingerprint density at radius 2 is 0.931 bits per heavy atom. The fourth-order valence-corrected chi connectivity index (χ4v) is 10.1. The van der Waals surface area contributed by atoms with Crippen molar-refractivity contribution < 1.29 is 0 Å². The van der Waals surface area contributed by atoms with Crippen molar-refractivity contribution in [2.24, 2.45) is 0 Å². The Morgan fingerprint density at radius 3 is 1.72 bits per heavy atom. The molecular formula is C55H38N2S. The molecule has 1 aliphatic carbocycles. The third-order valence-electron chi connectivity index (χ3n) is 11.9. The number of thiophene rings is 1. The summed E-state index contributed by atoms with van der Waals surface area (Å²) in [6, 6.07) is 70.1. The van der Waals surface area contributed by atoms with Gasteiger partial charge in [0.05, 0.1) is 11.4 Å². The molecule has 2 aromatic heterocycles. The normalized spacial score (nSPS) is 12.8. The van der Waals surface area contributed by atoms with E-state index in [9.17, 15) is 0 Å². The highest BCUT2D eigenvalue weighted by molar-refractivity contribution is 7.25. The SMILES string of the molecule is CC1(C)c2ccccc2-c2cccc(-c3ccc(-c4nc(-c5ccccc5)cc(-c5cc(-c6ccccc6)cc(-c6ccc7sc8ccccc8c7c6)c5)n4)cc3)c21. The van der Waals surface area contributed by atoms with Crippen LogP contribution in [0, 0.1) is 0 Å². The maximum absolute atomic E-state index is 5.35. The van der Waals surface area contributed by atoms with Gasteiger partial charge >= 0.3 is 0 Å². The first-order valence-electron chi connectivity index (χ1n) is 19.9. The minimum Gasteiger partial charge on any atom is -0.228 e. The van der Waals surface area contributed by atoms with Crippen LogP contribution in [-0.4, -0.2) is 9.97 Å². The zero-order valence-electron chi connectivity index (χ0n) is 32.3. The number of benzene rings is 8. The lowest BCUT2D eigenvalue weighted by Crippen LogP contribution is -2.16. The summed E-state index contributed by atoms with van der Waals surface area (Å²) in [6.45, 7) is 4.70. The van der Waals surface area contributed by atoms with Gasteiger partial charge in [0.1, 0.15) is 0 Å². The molecule has 0 saturated heterocycles. The molecule has 0 fully saturated rings. The van der Waals surface area contributed by atoms with E-state index in [1.165, 1.54) is 64.7 Å². The third-order valence-corrected chi connectivity index (χ3v) is 13.0. The second-order valence-corrected chi connectivity index (χ2v) is 16.9. The number of nitrogens with zero attached hydrogens (tertiary/aromatic N) is 2. The predicted molar refractivity (Wildman–Crippen MR) is 245 cm³/mol. The first-order chi connectivity index (χ1) is 28.5. The Labute approximate surface area is 342 Å². The summed E-state index contributed by atoms with van der Waals surface area (Å²) in [5.74, 6) is 0.701. The molecule has 0 saturated carbocycles. The first-order valence-corrected chi connectivity index (χ1v) is 20.7. The second-order valence-electron chi connectivity index (χ2n) is 15.8. The topological polar surface area (TPSA) is 25.8 Å². The third kappa shape index (κ3) is 5.78. The van der Waals surface area contributed by atoms with Gasteiger partial charge in [0.25, 0.3) is 0 Å². The molecule has 58 heavy (non-hydrogen) atoms. The first kappa shape index (κ1) is 34.3. The van der Waals surface area contributed by atoms with Crippen LogP contribution in [0.2, 0.25) is 0 Å². The van der Waals surface area contributed by atoms with Crippen molar-refractivity contribution in [3.63, 3.8) is 0 Å². The van der Waals surface area contributed by atoms with Crippen molar-refractivity contribution in [2.45, 2.75) is 19.3 Å². The van der Waals surface area contributed by atoms with Crippen LogP contribution in [0.1, 0.15) is 25.0 Å². The van der Waals surface area contributed by atoms with Crippen molar-refractivity contribution in [1.82, 2.24) is 9.97 Å². The molecular weight excluding hydrogens is 721 g/mol. The van der Waals surface area contributed by atoms with Crippen molar-refractivity contribution >= 4 is 31.5 Å². The van der Waals surface area contributed by atoms with Crippen molar-refractivity contribution in [2.75, 3.05) is 0 Å². The lowest BCUT2D eigenvalue weighted by atomic mass is 9.79. The number of hydrogen-bond donors (Lipinski definition) is 0. The maximum Gasteiger partial charge on any atom is 0.160 e. The van der Waals surface area contributed by atoms with Gasteiger partial charge in [0.15, 0.2) is 5.82 Å². The lowest BCUT2D eigenvalue weighted by Gasteiger charge is -2.24. The van der Waals surface area contributed by atoms with Crippen LogP contribution in [0.5, 0.6) is 0 Å². The summed E-state index contributed by atoms with van der Waals surface area (Å²) < 4.78 is 2.61. The Bertz CT molecular complexity index is 3180. The van der Waals surface area contributed by atoms with Crippen LogP contribution in [0.3, 0.4) is 0 Å². The average Bonchev–Trinajstić information content (AvgIpc) is 3.78. The van der Waals surface area contributed by atoms with Gasteiger partial charge in [0.2, 0.25) is 0 Å². The monoisotopic (exact) mass is 758 g/mol. The molecule has 0 aliphatic heterocycles. The molecule has 0 amide bonds. The Balaban J connectivity index is 1.05. The van der Waals surface area contributed by atoms with E-state index >= 15 is 0 Å². The molecule has 0 atom stereocenters. The molecule has 0 bridgehead atoms. The van der Waals surface area contributed by atoms with Gasteiger partial charge in [-0.25, -0.2) is 9.97 Å². The number of fused-ring (bicyclic) bond motifs is 6. The van der Waals surface area contributed by atoms with Crippen molar-refractivity contribution in [3.05, 3.63) is 205 Å². The Kier molecular flexibility index (Phi) is 8.06. The van der Waals surface area contributed by atoms with Crippen LogP contribution in [0.25, 0.3) is 98.6 Å². The summed E-state index contributed by atoms with van der Waals surface area (Å²) in [7, 11) is 0. The molecule has 10 aromatic rings. The van der Waals surface area contributed by atoms with Gasteiger partial charge in [-0.15, -0.1) is 11.3 Å². The molecule has 3 heteroatoms. The van der Waals surface area contributed by atoms with Gasteiger partial charge in [-0.3, -0.25) is 0 Å². The zero-order chi connectivity index (χ0) is 38.8. The van der Waals surface area contributed by atoms with E-state index in [2.05, 4.69) is 208 Å². The van der Waals surface area contributed by atoms with E-state index in [-0.39, 0.29) is 5.41 Å². The quantitative estimate of drug-likeness (QED) is 0.169. The summed E-state index contributed by atoms with van der Waals surface area (Å²) >= 11 is 1.85. The molecule has 274 valence electrons. The van der Waals surface area contributed by atoms with E-state index in [0.717, 1.165) is 39.2 Å². The molecule has 2 nitrogen and oxygen atoms in total. The Hall–Kier alpha value is -6.94. The summed E-state index contributed by atoms with van der Waals surface area (Å²) in [4.78, 5) is 10.6. The summed E-state index contributed by atoms with van der Waals surface area (Å²) in [5.41, 5.74) is 17.3. The molecule has 0 unspecified atom stereocenters. The minimum absolute atomic E-state index is 0.0976. The fourth-order valence-electron chi connectivity index (χ4n) is 9.01. The average molecular weight is 759 g/mol. The van der Waals surface area contributed by atoms with E-state index in [0.29, 0.717) is 5.82 Å². The highest BCUT2D eigenvalue weighted by Gasteiger charge is 2.37. The van der Waals surface area contributed by atoms with E-state index in [4.69, 9.17) is 9.97 Å². The van der Waals surface area contributed by atoms with Crippen LogP contribution in [-0.2, 0) is 5.41 Å². The molecule has 1 aliphatic rings. The van der Waals surface area contributed by atoms with Gasteiger partial charge < -0.3 is 0 Å². The number of hydrogen-bond acceptors (Lipinski definition) is 3. The summed E-state index contributed by atoms with van der Waals surface area (Å²) in [5, 5.41) is 2.59. The number of aromatic nitrogens is 2. The van der Waals surface area contributed by atoms with Crippen molar-refractivity contribution in [1.29, 1.82) is 0 Å². The smallest absolute Gasteiger partial charge is 0.160 e. The molecule has 11 rings (SSSR count). The van der Waals surface area contributed by atoms with Crippen LogP contribution >= 0.6 is 11.3 Å². The molecule has 0 N–H and O–H groups in total. The van der Waals surface area contributed by atoms with Crippen molar-refractivity contribution in [3.8, 4) is 78.4 Å². The summed E-state index contributed by atoms with van der Waals surface area (Å²) in [6.07, 6.45) is 0. The predicted octanol–water partition coefficient (Wildman–Crippen LogP) is 15.2. The minimum atomic E-state index is -0.0976. The highest BCUT2D eigenvalue weighted by atomic mass is 32.1. The van der Waals surface area contributed by atoms with Gasteiger partial charge in [-0.2, -0.15) is 0 Å². The van der Waals surface area contributed by atoms with E-state index in [1.54, 1.807) is 0 Å². The van der Waals surface area contributed by atoms with E-state index < -0.39 is 0 Å². The highest BCUT2D eigenvalue weighted by Crippen LogP contribution is 2.52. The standard InChI is InChI=1S/C55H38N2S/c1-55(2)48-22-11-9-18-44(48)46-21-13-20-43(53(46)55)36-24-26-38(27-25-36)54-56-49(37-16-7-4-8-17-37)34-50(57-54)42-31-40(35-14-5-3-6-15-35)30-41(32-42)39-28-29-52-47(33-39)45-19-10-12-23-51(45)58-52/h3-34H,1-2H3. The van der Waals surface area contributed by atoms with Crippen LogP contribution < -0.4 is 0 Å². The van der Waals surface area contributed by atoms with Crippen LogP contribution in [0.4, 0.5) is 0 Å². The maximum atomic E-state index is 5.35. The van der Waals surface area contributed by atoms with E-state index in [1.807, 2.05) is 11.3 Å². The Morgan fingerprint density at radius 1 is 0.362 bits per heavy atom. The molecule has 2 heterocycles. The van der Waals surface area contributed by atoms with Gasteiger partial charge in [0, 0.05) is 42.3 Å². The molecule has 8 aromatic carbocycles. The van der Waals surface area contributed by atoms with Crippen LogP contribution in [0.15, 0.2) is 194 Å². The van der Waals surface area contributed by atoms with Gasteiger partial charge in [-0.1, -0.05) is 166 Å². The van der Waals surface area contributed by atoms with Gasteiger partial charge in [-0.05, 0) is 98.1 Å². The molecule has 0 radical (unpaired) electrons.